The van der Waals surface area contributed by atoms with Gasteiger partial charge >= 0.3 is 0 Å². The fourth-order valence-corrected chi connectivity index (χ4v) is 5.76. The molecule has 2 aromatic heterocycles. The SMILES string of the molecule is O=S(=O)(c1ccc(Cl)s1)N1CC[C@@](O)(c2nc(C3CC3)no2)C1. The number of rotatable bonds is 4. The van der Waals surface area contributed by atoms with E-state index in [0.29, 0.717) is 16.1 Å². The standard InChI is InChI=1S/C13H14ClN3O4S2/c14-9-3-4-10(22-9)23(19,20)17-6-5-13(18,7-17)12-15-11(16-21-12)8-1-2-8/h3-4,8,18H,1-2,5-7H2/t13-/m0/s1. The van der Waals surface area contributed by atoms with Crippen molar-refractivity contribution in [2.75, 3.05) is 13.1 Å². The topological polar surface area (TPSA) is 96.5 Å². The van der Waals surface area contributed by atoms with E-state index in [-0.39, 0.29) is 29.6 Å². The number of thiophene rings is 1. The van der Waals surface area contributed by atoms with Crippen LogP contribution in [0.5, 0.6) is 0 Å². The first-order valence-electron chi connectivity index (χ1n) is 7.20. The van der Waals surface area contributed by atoms with Gasteiger partial charge in [0.15, 0.2) is 11.4 Å². The van der Waals surface area contributed by atoms with E-state index in [2.05, 4.69) is 10.1 Å². The lowest BCUT2D eigenvalue weighted by atomic mass is 10.0. The van der Waals surface area contributed by atoms with Crippen LogP contribution >= 0.6 is 22.9 Å². The summed E-state index contributed by atoms with van der Waals surface area (Å²) in [6, 6.07) is 3.01. The van der Waals surface area contributed by atoms with Gasteiger partial charge in [-0.1, -0.05) is 16.8 Å². The van der Waals surface area contributed by atoms with Gasteiger partial charge in [0.1, 0.15) is 4.21 Å². The van der Waals surface area contributed by atoms with Crippen molar-refractivity contribution < 1.29 is 18.0 Å². The number of halogens is 1. The predicted molar refractivity (Wildman–Crippen MR) is 82.9 cm³/mol. The zero-order valence-corrected chi connectivity index (χ0v) is 14.4. The Morgan fingerprint density at radius 2 is 2.22 bits per heavy atom. The van der Waals surface area contributed by atoms with Gasteiger partial charge in [-0.05, 0) is 25.0 Å². The Balaban J connectivity index is 1.57. The van der Waals surface area contributed by atoms with Crippen molar-refractivity contribution in [1.82, 2.24) is 14.4 Å². The number of β-amino-alcohol motifs (C(OH)–C–C–N with tert-alkyl or cyclic N) is 1. The van der Waals surface area contributed by atoms with Crippen LogP contribution in [0.2, 0.25) is 4.34 Å². The largest absolute Gasteiger partial charge is 0.379 e. The zero-order chi connectivity index (χ0) is 16.2. The molecular weight excluding hydrogens is 362 g/mol. The molecule has 0 aromatic carbocycles. The Morgan fingerprint density at radius 3 is 2.87 bits per heavy atom. The van der Waals surface area contributed by atoms with Crippen LogP contribution in [0, 0.1) is 0 Å². The number of nitrogens with zero attached hydrogens (tertiary/aromatic N) is 3. The Kier molecular flexibility index (Phi) is 3.54. The van der Waals surface area contributed by atoms with Crippen LogP contribution in [0.25, 0.3) is 0 Å². The number of aliphatic hydroxyl groups is 1. The molecule has 1 aliphatic heterocycles. The fraction of sp³-hybridized carbons (Fsp3) is 0.538. The van der Waals surface area contributed by atoms with Gasteiger partial charge in [-0.25, -0.2) is 8.42 Å². The molecule has 124 valence electrons. The van der Waals surface area contributed by atoms with Crippen molar-refractivity contribution in [3.63, 3.8) is 0 Å². The molecule has 1 atom stereocenters. The van der Waals surface area contributed by atoms with Gasteiger partial charge in [0.2, 0.25) is 0 Å². The number of hydrogen-bond acceptors (Lipinski definition) is 7. The highest BCUT2D eigenvalue weighted by molar-refractivity contribution is 7.91. The van der Waals surface area contributed by atoms with Crippen molar-refractivity contribution in [3.05, 3.63) is 28.2 Å². The third kappa shape index (κ3) is 2.70. The Labute approximate surface area is 141 Å². The average Bonchev–Trinajstić information content (AvgIpc) is 2.93. The minimum Gasteiger partial charge on any atom is -0.379 e. The summed E-state index contributed by atoms with van der Waals surface area (Å²) in [7, 11) is -3.68. The number of hydrogen-bond donors (Lipinski definition) is 1. The van der Waals surface area contributed by atoms with Gasteiger partial charge in [0, 0.05) is 18.9 Å². The Hall–Kier alpha value is -1.00. The molecule has 23 heavy (non-hydrogen) atoms. The summed E-state index contributed by atoms with van der Waals surface area (Å²) in [4.78, 5) is 4.25. The van der Waals surface area contributed by atoms with Crippen LogP contribution < -0.4 is 0 Å². The summed E-state index contributed by atoms with van der Waals surface area (Å²) in [5.41, 5.74) is -1.44. The van der Waals surface area contributed by atoms with Crippen LogP contribution in [-0.4, -0.2) is 41.1 Å². The number of sulfonamides is 1. The first-order chi connectivity index (χ1) is 10.9. The minimum absolute atomic E-state index is 0.0984. The number of aromatic nitrogens is 2. The molecular formula is C13H14ClN3O4S2. The van der Waals surface area contributed by atoms with E-state index >= 15 is 0 Å². The molecule has 1 N–H and O–H groups in total. The molecule has 1 saturated carbocycles. The van der Waals surface area contributed by atoms with E-state index < -0.39 is 15.6 Å². The average molecular weight is 376 g/mol. The highest BCUT2D eigenvalue weighted by Crippen LogP contribution is 2.40. The summed E-state index contributed by atoms with van der Waals surface area (Å²) >= 11 is 6.81. The van der Waals surface area contributed by atoms with Crippen molar-refractivity contribution in [3.8, 4) is 0 Å². The molecule has 10 heteroatoms. The maximum Gasteiger partial charge on any atom is 0.260 e. The summed E-state index contributed by atoms with van der Waals surface area (Å²) < 4.78 is 32.2. The Morgan fingerprint density at radius 1 is 1.43 bits per heavy atom. The summed E-state index contributed by atoms with van der Waals surface area (Å²) in [6.45, 7) is 0.0899. The van der Waals surface area contributed by atoms with Gasteiger partial charge in [-0.15, -0.1) is 11.3 Å². The van der Waals surface area contributed by atoms with Crippen molar-refractivity contribution in [2.24, 2.45) is 0 Å². The molecule has 4 rings (SSSR count). The van der Waals surface area contributed by atoms with Crippen molar-refractivity contribution in [1.29, 1.82) is 0 Å². The van der Waals surface area contributed by atoms with Gasteiger partial charge in [0.25, 0.3) is 15.9 Å². The highest BCUT2D eigenvalue weighted by atomic mass is 35.5. The van der Waals surface area contributed by atoms with Crippen LogP contribution in [0.3, 0.4) is 0 Å². The lowest BCUT2D eigenvalue weighted by Gasteiger charge is -2.19. The molecule has 2 aromatic rings. The molecule has 3 heterocycles. The van der Waals surface area contributed by atoms with Gasteiger partial charge < -0.3 is 9.63 Å². The molecule has 1 aliphatic carbocycles. The molecule has 0 radical (unpaired) electrons. The van der Waals surface area contributed by atoms with Crippen LogP contribution in [0.4, 0.5) is 0 Å². The predicted octanol–water partition coefficient (Wildman–Crippen LogP) is 1.94. The Bertz CT molecular complexity index is 845. The smallest absolute Gasteiger partial charge is 0.260 e. The molecule has 2 aliphatic rings. The fourth-order valence-electron chi connectivity index (χ4n) is 2.63. The molecule has 2 fully saturated rings. The van der Waals surface area contributed by atoms with E-state index in [1.54, 1.807) is 6.07 Å². The molecule has 0 unspecified atom stereocenters. The van der Waals surface area contributed by atoms with E-state index in [0.717, 1.165) is 24.2 Å². The lowest BCUT2D eigenvalue weighted by Crippen LogP contribution is -2.34. The van der Waals surface area contributed by atoms with Gasteiger partial charge in [0.05, 0.1) is 10.9 Å². The van der Waals surface area contributed by atoms with E-state index in [1.807, 2.05) is 0 Å². The van der Waals surface area contributed by atoms with Crippen molar-refractivity contribution >= 4 is 33.0 Å². The normalized spacial score (nSPS) is 26.0. The van der Waals surface area contributed by atoms with Crippen LogP contribution in [0.15, 0.2) is 20.9 Å². The van der Waals surface area contributed by atoms with E-state index in [1.165, 1.54) is 10.4 Å². The molecule has 1 saturated heterocycles. The first kappa shape index (κ1) is 15.5. The summed E-state index contributed by atoms with van der Waals surface area (Å²) in [5.74, 6) is 1.01. The zero-order valence-electron chi connectivity index (χ0n) is 12.0. The summed E-state index contributed by atoms with van der Waals surface area (Å²) in [6.07, 6.45) is 2.27. The maximum absolute atomic E-state index is 12.6. The van der Waals surface area contributed by atoms with Gasteiger partial charge in [-0.3, -0.25) is 0 Å². The third-order valence-electron chi connectivity index (χ3n) is 4.14. The second-order valence-electron chi connectivity index (χ2n) is 5.91. The summed E-state index contributed by atoms with van der Waals surface area (Å²) in [5, 5.41) is 14.6. The van der Waals surface area contributed by atoms with Crippen LogP contribution in [0.1, 0.15) is 36.9 Å². The second kappa shape index (κ2) is 5.25. The molecule has 7 nitrogen and oxygen atoms in total. The molecule has 0 amide bonds. The first-order valence-corrected chi connectivity index (χ1v) is 9.84. The molecule has 0 spiro atoms. The lowest BCUT2D eigenvalue weighted by molar-refractivity contribution is 0.0194. The highest BCUT2D eigenvalue weighted by Gasteiger charge is 2.47. The van der Waals surface area contributed by atoms with Crippen molar-refractivity contribution in [2.45, 2.75) is 35.0 Å². The van der Waals surface area contributed by atoms with Gasteiger partial charge in [-0.2, -0.15) is 9.29 Å². The van der Waals surface area contributed by atoms with E-state index in [9.17, 15) is 13.5 Å². The van der Waals surface area contributed by atoms with E-state index in [4.69, 9.17) is 16.1 Å². The quantitative estimate of drug-likeness (QED) is 0.877. The second-order valence-corrected chi connectivity index (χ2v) is 9.79. The molecule has 0 bridgehead atoms. The minimum atomic E-state index is -3.68. The monoisotopic (exact) mass is 375 g/mol. The van der Waals surface area contributed by atoms with Crippen LogP contribution in [-0.2, 0) is 15.6 Å². The third-order valence-corrected chi connectivity index (χ3v) is 7.68. The maximum atomic E-state index is 12.6.